The maximum Gasteiger partial charge on any atom is 0.266 e. The van der Waals surface area contributed by atoms with Gasteiger partial charge in [0.05, 0.1) is 11.4 Å². The van der Waals surface area contributed by atoms with Crippen molar-refractivity contribution in [2.24, 2.45) is 0 Å². The molecule has 1 aromatic heterocycles. The van der Waals surface area contributed by atoms with Gasteiger partial charge < -0.3 is 4.74 Å². The number of ether oxygens (including phenoxy) is 1. The summed E-state index contributed by atoms with van der Waals surface area (Å²) in [5, 5.41) is 2.82. The molecule has 7 heteroatoms. The number of hydrogen-bond acceptors (Lipinski definition) is 6. The zero-order chi connectivity index (χ0) is 20.5. The summed E-state index contributed by atoms with van der Waals surface area (Å²) in [6.45, 7) is 2.41. The van der Waals surface area contributed by atoms with Gasteiger partial charge in [0.2, 0.25) is 0 Å². The first-order chi connectivity index (χ1) is 14.0. The van der Waals surface area contributed by atoms with Crippen LogP contribution in [0.3, 0.4) is 0 Å². The minimum absolute atomic E-state index is 0.210. The zero-order valence-electron chi connectivity index (χ0n) is 15.9. The molecule has 4 rings (SSSR count). The van der Waals surface area contributed by atoms with Gasteiger partial charge in [0, 0.05) is 16.5 Å². The van der Waals surface area contributed by atoms with Gasteiger partial charge in [0.25, 0.3) is 5.91 Å². The molecule has 0 saturated carbocycles. The molecule has 0 fully saturated rings. The number of benzene rings is 2. The predicted molar refractivity (Wildman–Crippen MR) is 111 cm³/mol. The average molecular weight is 406 g/mol. The van der Waals surface area contributed by atoms with Crippen LogP contribution in [0.5, 0.6) is 5.75 Å². The van der Waals surface area contributed by atoms with Crippen LogP contribution in [0.15, 0.2) is 53.9 Å². The number of Topliss-reactive ketones (excluding diaryl/α,β-unsaturated/α-hetero) is 2. The standard InChI is InChI=1S/C22H18N2O4S/c1-13(25)21(14(2)26)24-18-10-16(8-9-19(18)28-11-20(24)27)17-12-29-22(23-17)15-6-4-3-5-7-15/h3-10,12,21H,11H2,1-2H3. The van der Waals surface area contributed by atoms with Crippen LogP contribution in [0.2, 0.25) is 0 Å². The third kappa shape index (κ3) is 3.56. The lowest BCUT2D eigenvalue weighted by atomic mass is 10.0. The van der Waals surface area contributed by atoms with E-state index in [9.17, 15) is 14.4 Å². The van der Waals surface area contributed by atoms with Gasteiger partial charge in [0.1, 0.15) is 10.8 Å². The summed E-state index contributed by atoms with van der Waals surface area (Å²) in [6.07, 6.45) is 0. The van der Waals surface area contributed by atoms with E-state index < -0.39 is 11.9 Å². The first-order valence-corrected chi connectivity index (χ1v) is 9.95. The highest BCUT2D eigenvalue weighted by Gasteiger charge is 2.37. The molecule has 2 aromatic carbocycles. The number of thiazole rings is 1. The van der Waals surface area contributed by atoms with E-state index in [2.05, 4.69) is 0 Å². The molecule has 1 aliphatic heterocycles. The molecular weight excluding hydrogens is 388 g/mol. The second kappa shape index (κ2) is 7.60. The molecule has 0 unspecified atom stereocenters. The van der Waals surface area contributed by atoms with Crippen LogP contribution in [0.25, 0.3) is 21.8 Å². The molecule has 6 nitrogen and oxygen atoms in total. The fourth-order valence-corrected chi connectivity index (χ4v) is 4.22. The molecule has 1 amide bonds. The quantitative estimate of drug-likeness (QED) is 0.603. The predicted octanol–water partition coefficient (Wildman–Crippen LogP) is 3.75. The van der Waals surface area contributed by atoms with Crippen molar-refractivity contribution in [3.05, 3.63) is 53.9 Å². The van der Waals surface area contributed by atoms with E-state index >= 15 is 0 Å². The number of amides is 1. The van der Waals surface area contributed by atoms with Crippen LogP contribution in [0, 0.1) is 0 Å². The fraction of sp³-hybridized carbons (Fsp3) is 0.182. The van der Waals surface area contributed by atoms with Gasteiger partial charge in [-0.25, -0.2) is 4.98 Å². The third-order valence-electron chi connectivity index (χ3n) is 4.69. The average Bonchev–Trinajstić information content (AvgIpc) is 3.20. The van der Waals surface area contributed by atoms with Gasteiger partial charge in [-0.05, 0) is 32.0 Å². The smallest absolute Gasteiger partial charge is 0.266 e. The van der Waals surface area contributed by atoms with Gasteiger partial charge in [-0.2, -0.15) is 0 Å². The highest BCUT2D eigenvalue weighted by Crippen LogP contribution is 2.38. The van der Waals surface area contributed by atoms with E-state index in [1.165, 1.54) is 30.1 Å². The summed E-state index contributed by atoms with van der Waals surface area (Å²) in [4.78, 5) is 42.7. The van der Waals surface area contributed by atoms with Crippen LogP contribution < -0.4 is 9.64 Å². The topological polar surface area (TPSA) is 76.6 Å². The molecule has 0 bridgehead atoms. The number of ketones is 2. The lowest BCUT2D eigenvalue weighted by molar-refractivity contribution is -0.131. The zero-order valence-corrected chi connectivity index (χ0v) is 16.7. The number of hydrogen-bond donors (Lipinski definition) is 0. The van der Waals surface area contributed by atoms with Crippen molar-refractivity contribution in [3.63, 3.8) is 0 Å². The Balaban J connectivity index is 1.76. The molecule has 1 aliphatic rings. The van der Waals surface area contributed by atoms with E-state index in [4.69, 9.17) is 9.72 Å². The van der Waals surface area contributed by atoms with Crippen LogP contribution in [-0.4, -0.2) is 35.1 Å². The molecule has 0 saturated heterocycles. The van der Waals surface area contributed by atoms with Crippen molar-refractivity contribution < 1.29 is 19.1 Å². The third-order valence-corrected chi connectivity index (χ3v) is 5.58. The van der Waals surface area contributed by atoms with Crippen LogP contribution in [-0.2, 0) is 14.4 Å². The van der Waals surface area contributed by atoms with Crippen molar-refractivity contribution >= 4 is 34.5 Å². The van der Waals surface area contributed by atoms with E-state index in [1.807, 2.05) is 41.8 Å². The Hall–Kier alpha value is -3.32. The second-order valence-electron chi connectivity index (χ2n) is 6.76. The van der Waals surface area contributed by atoms with E-state index in [0.717, 1.165) is 21.8 Å². The van der Waals surface area contributed by atoms with Crippen molar-refractivity contribution in [2.75, 3.05) is 11.5 Å². The van der Waals surface area contributed by atoms with Crippen molar-refractivity contribution in [2.45, 2.75) is 19.9 Å². The number of rotatable bonds is 5. The normalized spacial score (nSPS) is 13.2. The SMILES string of the molecule is CC(=O)C(C(C)=O)N1C(=O)COc2ccc(-c3csc(-c4ccccc4)n3)cc21. The van der Waals surface area contributed by atoms with Gasteiger partial charge in [-0.1, -0.05) is 30.3 Å². The minimum Gasteiger partial charge on any atom is -0.482 e. The van der Waals surface area contributed by atoms with Gasteiger partial charge in [0.15, 0.2) is 24.2 Å². The molecule has 2 heterocycles. The molecule has 0 spiro atoms. The Morgan fingerprint density at radius 3 is 2.48 bits per heavy atom. The Bertz CT molecular complexity index is 1090. The molecule has 0 N–H and O–H groups in total. The van der Waals surface area contributed by atoms with Crippen molar-refractivity contribution in [1.29, 1.82) is 0 Å². The molecular formula is C22H18N2O4S. The van der Waals surface area contributed by atoms with E-state index in [0.29, 0.717) is 11.4 Å². The van der Waals surface area contributed by atoms with E-state index in [1.54, 1.807) is 12.1 Å². The van der Waals surface area contributed by atoms with Gasteiger partial charge >= 0.3 is 0 Å². The summed E-state index contributed by atoms with van der Waals surface area (Å²) in [6, 6.07) is 14.0. The van der Waals surface area contributed by atoms with Crippen molar-refractivity contribution in [3.8, 4) is 27.6 Å². The molecule has 3 aromatic rings. The largest absolute Gasteiger partial charge is 0.482 e. The first-order valence-electron chi connectivity index (χ1n) is 9.07. The van der Waals surface area contributed by atoms with Crippen LogP contribution in [0.1, 0.15) is 13.8 Å². The number of carbonyl (C=O) groups is 3. The minimum atomic E-state index is -1.16. The number of nitrogens with zero attached hydrogens (tertiary/aromatic N) is 2. The lowest BCUT2D eigenvalue weighted by Gasteiger charge is -2.33. The maximum atomic E-state index is 12.5. The maximum absolute atomic E-state index is 12.5. The number of fused-ring (bicyclic) bond motifs is 1. The van der Waals surface area contributed by atoms with Gasteiger partial charge in [-0.3, -0.25) is 19.3 Å². The molecule has 0 radical (unpaired) electrons. The molecule has 29 heavy (non-hydrogen) atoms. The van der Waals surface area contributed by atoms with Crippen LogP contribution in [0.4, 0.5) is 5.69 Å². The van der Waals surface area contributed by atoms with Crippen LogP contribution >= 0.6 is 11.3 Å². The van der Waals surface area contributed by atoms with E-state index in [-0.39, 0.29) is 18.2 Å². The Labute approximate surface area is 171 Å². The second-order valence-corrected chi connectivity index (χ2v) is 7.62. The molecule has 0 atom stereocenters. The Morgan fingerprint density at radius 2 is 1.79 bits per heavy atom. The highest BCUT2D eigenvalue weighted by atomic mass is 32.1. The summed E-state index contributed by atoms with van der Waals surface area (Å²) in [5.41, 5.74) is 2.95. The fourth-order valence-electron chi connectivity index (χ4n) is 3.38. The number of carbonyl (C=O) groups excluding carboxylic acids is 3. The van der Waals surface area contributed by atoms with Crippen molar-refractivity contribution in [1.82, 2.24) is 4.98 Å². The summed E-state index contributed by atoms with van der Waals surface area (Å²) in [5.74, 6) is -0.735. The Kier molecular flexibility index (Phi) is 4.98. The van der Waals surface area contributed by atoms with Gasteiger partial charge in [-0.15, -0.1) is 11.3 Å². The number of aromatic nitrogens is 1. The summed E-state index contributed by atoms with van der Waals surface area (Å²) >= 11 is 1.52. The lowest BCUT2D eigenvalue weighted by Crippen LogP contribution is -2.52. The molecule has 146 valence electrons. The summed E-state index contributed by atoms with van der Waals surface area (Å²) < 4.78 is 5.51. The first kappa shape index (κ1) is 19.0. The molecule has 0 aliphatic carbocycles. The Morgan fingerprint density at radius 1 is 1.07 bits per heavy atom. The number of anilines is 1. The highest BCUT2D eigenvalue weighted by molar-refractivity contribution is 7.13. The summed E-state index contributed by atoms with van der Waals surface area (Å²) in [7, 11) is 0. The monoisotopic (exact) mass is 406 g/mol.